The zero-order chi connectivity index (χ0) is 11.3. The number of amides is 1. The van der Waals surface area contributed by atoms with Gasteiger partial charge >= 0.3 is 11.9 Å². The van der Waals surface area contributed by atoms with E-state index in [1.54, 1.807) is 6.20 Å². The number of hydrogen-bond donors (Lipinski definition) is 1. The Labute approximate surface area is 86.6 Å². The molecule has 1 heterocycles. The van der Waals surface area contributed by atoms with Crippen LogP contribution >= 0.6 is 0 Å². The van der Waals surface area contributed by atoms with E-state index >= 15 is 0 Å². The van der Waals surface area contributed by atoms with E-state index in [1.807, 2.05) is 6.92 Å². The average Bonchev–Trinajstić information content (AvgIpc) is 2.72. The van der Waals surface area contributed by atoms with Gasteiger partial charge < -0.3 is 14.5 Å². The number of methoxy groups -OCH3 is 1. The molecule has 0 aromatic carbocycles. The quantitative estimate of drug-likeness (QED) is 0.564. The minimum Gasteiger partial charge on any atom is -0.462 e. The number of rotatable bonds is 3. The van der Waals surface area contributed by atoms with E-state index in [4.69, 9.17) is 4.42 Å². The van der Waals surface area contributed by atoms with Crippen LogP contribution in [0, 0.1) is 0 Å². The number of hydrogen-bond acceptors (Lipinski definition) is 5. The van der Waals surface area contributed by atoms with Gasteiger partial charge in [-0.25, -0.2) is 9.78 Å². The van der Waals surface area contributed by atoms with Crippen molar-refractivity contribution in [2.24, 2.45) is 0 Å². The molecule has 0 aliphatic carbocycles. The molecular formula is C9H12N2O4. The van der Waals surface area contributed by atoms with Crippen molar-refractivity contribution >= 4 is 11.9 Å². The van der Waals surface area contributed by atoms with Crippen LogP contribution < -0.4 is 5.32 Å². The molecule has 0 aliphatic heterocycles. The fourth-order valence-corrected chi connectivity index (χ4v) is 0.914. The van der Waals surface area contributed by atoms with Crippen LogP contribution in [-0.2, 0) is 27.3 Å². The second-order valence-electron chi connectivity index (χ2n) is 2.75. The molecule has 1 aromatic rings. The number of carbonyl (C=O) groups is 2. The Balaban J connectivity index is 2.43. The second-order valence-corrected chi connectivity index (χ2v) is 2.75. The lowest BCUT2D eigenvalue weighted by molar-refractivity contribution is -0.152. The highest BCUT2D eigenvalue weighted by Gasteiger charge is 2.13. The van der Waals surface area contributed by atoms with Crippen molar-refractivity contribution in [1.29, 1.82) is 0 Å². The van der Waals surface area contributed by atoms with Crippen molar-refractivity contribution in [3.63, 3.8) is 0 Å². The van der Waals surface area contributed by atoms with E-state index in [0.717, 1.165) is 19.3 Å². The number of nitrogens with zero attached hydrogens (tertiary/aromatic N) is 1. The molecule has 0 atom stereocenters. The molecule has 0 saturated heterocycles. The standard InChI is InChI=1S/C9H12N2O4/c1-3-6-4-10-7(15-6)5-11-8(12)9(13)14-2/h4H,3,5H2,1-2H3,(H,11,12). The molecule has 1 amide bonds. The van der Waals surface area contributed by atoms with Gasteiger partial charge in [-0.15, -0.1) is 0 Å². The first-order valence-electron chi connectivity index (χ1n) is 4.47. The number of aromatic nitrogens is 1. The monoisotopic (exact) mass is 212 g/mol. The van der Waals surface area contributed by atoms with Crippen molar-refractivity contribution < 1.29 is 18.7 Å². The van der Waals surface area contributed by atoms with Crippen LogP contribution in [0.4, 0.5) is 0 Å². The smallest absolute Gasteiger partial charge is 0.396 e. The number of aryl methyl sites for hydroxylation is 1. The van der Waals surface area contributed by atoms with Gasteiger partial charge in [0.2, 0.25) is 5.89 Å². The number of esters is 1. The lowest BCUT2D eigenvalue weighted by Crippen LogP contribution is -2.31. The topological polar surface area (TPSA) is 81.4 Å². The van der Waals surface area contributed by atoms with Crippen molar-refractivity contribution in [3.8, 4) is 0 Å². The summed E-state index contributed by atoms with van der Waals surface area (Å²) in [6.45, 7) is 2.01. The molecule has 0 unspecified atom stereocenters. The predicted octanol–water partition coefficient (Wildman–Crippen LogP) is 0.0262. The summed E-state index contributed by atoms with van der Waals surface area (Å²) in [6.07, 6.45) is 2.32. The normalized spacial score (nSPS) is 9.73. The van der Waals surface area contributed by atoms with Crippen LogP contribution in [0.15, 0.2) is 10.6 Å². The molecule has 0 fully saturated rings. The van der Waals surface area contributed by atoms with E-state index < -0.39 is 11.9 Å². The molecule has 0 saturated carbocycles. The highest BCUT2D eigenvalue weighted by molar-refractivity contribution is 6.32. The molecule has 1 aromatic heterocycles. The van der Waals surface area contributed by atoms with Crippen LogP contribution in [-0.4, -0.2) is 24.0 Å². The summed E-state index contributed by atoms with van der Waals surface area (Å²) in [6, 6.07) is 0. The Hall–Kier alpha value is -1.85. The van der Waals surface area contributed by atoms with Gasteiger partial charge in [-0.05, 0) is 0 Å². The minimum atomic E-state index is -0.933. The summed E-state index contributed by atoms with van der Waals surface area (Å²) >= 11 is 0. The SMILES string of the molecule is CCc1cnc(CNC(=O)C(=O)OC)o1. The maximum Gasteiger partial charge on any atom is 0.396 e. The van der Waals surface area contributed by atoms with Crippen molar-refractivity contribution in [1.82, 2.24) is 10.3 Å². The average molecular weight is 212 g/mol. The van der Waals surface area contributed by atoms with Gasteiger partial charge in [-0.3, -0.25) is 4.79 Å². The summed E-state index contributed by atoms with van der Waals surface area (Å²) in [5.74, 6) is -0.646. The molecule has 0 radical (unpaired) electrons. The van der Waals surface area contributed by atoms with Crippen molar-refractivity contribution in [2.75, 3.05) is 7.11 Å². The van der Waals surface area contributed by atoms with Gasteiger partial charge in [0.1, 0.15) is 5.76 Å². The van der Waals surface area contributed by atoms with E-state index in [0.29, 0.717) is 5.89 Å². The maximum atomic E-state index is 11.0. The molecule has 15 heavy (non-hydrogen) atoms. The number of oxazole rings is 1. The first-order chi connectivity index (χ1) is 7.17. The summed E-state index contributed by atoms with van der Waals surface area (Å²) in [7, 11) is 1.14. The van der Waals surface area contributed by atoms with Crippen LogP contribution in [0.25, 0.3) is 0 Å². The molecule has 1 rings (SSSR count). The Bertz CT molecular complexity index is 359. The van der Waals surface area contributed by atoms with Crippen LogP contribution in [0.2, 0.25) is 0 Å². The third-order valence-corrected chi connectivity index (χ3v) is 1.72. The zero-order valence-electron chi connectivity index (χ0n) is 8.57. The number of carbonyl (C=O) groups excluding carboxylic acids is 2. The number of ether oxygens (including phenoxy) is 1. The Morgan fingerprint density at radius 1 is 1.60 bits per heavy atom. The minimum absolute atomic E-state index is 0.0773. The molecule has 0 spiro atoms. The number of nitrogens with one attached hydrogen (secondary N) is 1. The molecular weight excluding hydrogens is 200 g/mol. The van der Waals surface area contributed by atoms with Gasteiger partial charge in [-0.1, -0.05) is 6.92 Å². The molecule has 0 bridgehead atoms. The third kappa shape index (κ3) is 3.08. The molecule has 0 aliphatic rings. The highest BCUT2D eigenvalue weighted by atomic mass is 16.5. The predicted molar refractivity (Wildman–Crippen MR) is 49.7 cm³/mol. The lowest BCUT2D eigenvalue weighted by atomic mass is 10.4. The van der Waals surface area contributed by atoms with E-state index in [-0.39, 0.29) is 6.54 Å². The summed E-state index contributed by atoms with van der Waals surface area (Å²) in [5, 5.41) is 2.32. The summed E-state index contributed by atoms with van der Waals surface area (Å²) in [4.78, 5) is 25.6. The zero-order valence-corrected chi connectivity index (χ0v) is 8.57. The van der Waals surface area contributed by atoms with Gasteiger partial charge in [0.05, 0.1) is 19.9 Å². The lowest BCUT2D eigenvalue weighted by Gasteiger charge is -1.99. The first-order valence-corrected chi connectivity index (χ1v) is 4.47. The first kappa shape index (κ1) is 11.2. The highest BCUT2D eigenvalue weighted by Crippen LogP contribution is 2.03. The molecule has 6 heteroatoms. The largest absolute Gasteiger partial charge is 0.462 e. The Kier molecular flexibility index (Phi) is 3.84. The fourth-order valence-electron chi connectivity index (χ4n) is 0.914. The van der Waals surface area contributed by atoms with Crippen LogP contribution in [0.1, 0.15) is 18.6 Å². The van der Waals surface area contributed by atoms with Gasteiger partial charge in [0.15, 0.2) is 0 Å². The summed E-state index contributed by atoms with van der Waals surface area (Å²) < 4.78 is 9.44. The van der Waals surface area contributed by atoms with Crippen molar-refractivity contribution in [2.45, 2.75) is 19.9 Å². The molecule has 6 nitrogen and oxygen atoms in total. The second kappa shape index (κ2) is 5.14. The van der Waals surface area contributed by atoms with E-state index in [1.165, 1.54) is 0 Å². The third-order valence-electron chi connectivity index (χ3n) is 1.72. The van der Waals surface area contributed by atoms with Crippen LogP contribution in [0.3, 0.4) is 0 Å². The maximum absolute atomic E-state index is 11.0. The van der Waals surface area contributed by atoms with Crippen molar-refractivity contribution in [3.05, 3.63) is 17.8 Å². The molecule has 1 N–H and O–H groups in total. The van der Waals surface area contributed by atoms with Crippen LogP contribution in [0.5, 0.6) is 0 Å². The van der Waals surface area contributed by atoms with Gasteiger partial charge in [-0.2, -0.15) is 0 Å². The Morgan fingerprint density at radius 2 is 2.33 bits per heavy atom. The Morgan fingerprint density at radius 3 is 2.87 bits per heavy atom. The molecule has 82 valence electrons. The van der Waals surface area contributed by atoms with E-state index in [2.05, 4.69) is 15.0 Å². The van der Waals surface area contributed by atoms with Gasteiger partial charge in [0, 0.05) is 6.42 Å². The van der Waals surface area contributed by atoms with Gasteiger partial charge in [0.25, 0.3) is 0 Å². The van der Waals surface area contributed by atoms with E-state index in [9.17, 15) is 9.59 Å². The fraction of sp³-hybridized carbons (Fsp3) is 0.444. The summed E-state index contributed by atoms with van der Waals surface area (Å²) in [5.41, 5.74) is 0.